The van der Waals surface area contributed by atoms with Crippen molar-refractivity contribution < 1.29 is 19.4 Å². The molecule has 1 fully saturated rings. The summed E-state index contributed by atoms with van der Waals surface area (Å²) >= 11 is 2.27. The average molecular weight is 331 g/mol. The second-order valence-corrected chi connectivity index (χ2v) is 6.92. The van der Waals surface area contributed by atoms with Gasteiger partial charge in [-0.3, -0.25) is 9.59 Å². The van der Waals surface area contributed by atoms with E-state index in [-0.39, 0.29) is 11.7 Å². The highest BCUT2D eigenvalue weighted by molar-refractivity contribution is 8.01. The molecule has 0 aliphatic heterocycles. The number of aliphatic carboxylic acids is 1. The average Bonchev–Trinajstić information content (AvgIpc) is 2.81. The molecule has 0 unspecified atom stereocenters. The Bertz CT molecular complexity index is 502. The van der Waals surface area contributed by atoms with Crippen LogP contribution in [0, 0.1) is 5.92 Å². The molecule has 2 N–H and O–H groups in total. The second kappa shape index (κ2) is 7.71. The van der Waals surface area contributed by atoms with E-state index >= 15 is 0 Å². The zero-order valence-electron chi connectivity index (χ0n) is 11.6. The highest BCUT2D eigenvalue weighted by Gasteiger charge is 2.31. The van der Waals surface area contributed by atoms with Gasteiger partial charge in [0.15, 0.2) is 4.34 Å². The van der Waals surface area contributed by atoms with E-state index in [4.69, 9.17) is 9.84 Å². The fourth-order valence-corrected chi connectivity index (χ4v) is 3.58. The van der Waals surface area contributed by atoms with Gasteiger partial charge in [0.1, 0.15) is 0 Å². The van der Waals surface area contributed by atoms with Crippen molar-refractivity contribution in [1.82, 2.24) is 10.2 Å². The third-order valence-corrected chi connectivity index (χ3v) is 5.00. The van der Waals surface area contributed by atoms with Crippen LogP contribution < -0.4 is 5.32 Å². The zero-order chi connectivity index (χ0) is 15.2. The molecule has 21 heavy (non-hydrogen) atoms. The van der Waals surface area contributed by atoms with Crippen molar-refractivity contribution in [2.24, 2.45) is 5.92 Å². The van der Waals surface area contributed by atoms with Crippen molar-refractivity contribution in [3.05, 3.63) is 0 Å². The number of rotatable bonds is 8. The van der Waals surface area contributed by atoms with Crippen LogP contribution in [0.3, 0.4) is 0 Å². The summed E-state index contributed by atoms with van der Waals surface area (Å²) in [5.74, 6) is -0.686. The van der Waals surface area contributed by atoms with Crippen LogP contribution in [0.5, 0.6) is 0 Å². The Balaban J connectivity index is 1.70. The van der Waals surface area contributed by atoms with Crippen LogP contribution in [0.4, 0.5) is 5.13 Å². The van der Waals surface area contributed by atoms with E-state index < -0.39 is 5.97 Å². The van der Waals surface area contributed by atoms with Gasteiger partial charge in [0.25, 0.3) is 0 Å². The molecule has 7 nitrogen and oxygen atoms in total. The third kappa shape index (κ3) is 5.25. The van der Waals surface area contributed by atoms with Gasteiger partial charge >= 0.3 is 5.97 Å². The Kier molecular flexibility index (Phi) is 5.95. The number of carboxylic acids is 1. The minimum absolute atomic E-state index is 0.0660. The molecule has 9 heteroatoms. The van der Waals surface area contributed by atoms with Gasteiger partial charge in [0, 0.05) is 13.0 Å². The third-order valence-electron chi connectivity index (χ3n) is 3.04. The predicted octanol–water partition coefficient (Wildman–Crippen LogP) is 1.86. The van der Waals surface area contributed by atoms with Crippen LogP contribution >= 0.6 is 23.1 Å². The molecule has 0 aromatic carbocycles. The van der Waals surface area contributed by atoms with Gasteiger partial charge in [-0.15, -0.1) is 10.2 Å². The molecule has 1 aliphatic rings. The molecule has 1 aromatic heterocycles. The van der Waals surface area contributed by atoms with E-state index in [0.717, 1.165) is 24.6 Å². The monoisotopic (exact) mass is 331 g/mol. The lowest BCUT2D eigenvalue weighted by molar-refractivity contribution is -0.134. The summed E-state index contributed by atoms with van der Waals surface area (Å²) in [4.78, 5) is 22.3. The maximum absolute atomic E-state index is 11.8. The lowest BCUT2D eigenvalue weighted by Crippen LogP contribution is -2.33. The van der Waals surface area contributed by atoms with E-state index in [1.807, 2.05) is 6.92 Å². The Hall–Kier alpha value is -1.19. The lowest BCUT2D eigenvalue weighted by Gasteiger charge is -2.34. The summed E-state index contributed by atoms with van der Waals surface area (Å²) in [7, 11) is 0. The fraction of sp³-hybridized carbons (Fsp3) is 0.667. The molecule has 0 bridgehead atoms. The van der Waals surface area contributed by atoms with Crippen LogP contribution in [0.2, 0.25) is 0 Å². The Morgan fingerprint density at radius 2 is 2.24 bits per heavy atom. The largest absolute Gasteiger partial charge is 0.481 e. The number of carbonyl (C=O) groups is 2. The molecule has 1 saturated carbocycles. The first-order valence-corrected chi connectivity index (χ1v) is 8.46. The molecular weight excluding hydrogens is 314 g/mol. The molecule has 1 aromatic rings. The number of nitrogens with one attached hydrogen (secondary N) is 1. The number of carbonyl (C=O) groups excluding carboxylic acids is 1. The number of hydrogen-bond acceptors (Lipinski definition) is 7. The smallest absolute Gasteiger partial charge is 0.313 e. The van der Waals surface area contributed by atoms with Crippen LogP contribution in [0.15, 0.2) is 4.34 Å². The first-order chi connectivity index (χ1) is 10.1. The van der Waals surface area contributed by atoms with Gasteiger partial charge in [-0.25, -0.2) is 0 Å². The first kappa shape index (κ1) is 16.2. The zero-order valence-corrected chi connectivity index (χ0v) is 13.2. The quantitative estimate of drug-likeness (QED) is 0.554. The number of ether oxygens (including phenoxy) is 1. The molecule has 2 rings (SSSR count). The molecular formula is C12H17N3O4S2. The number of carboxylic acid groups (broad SMARTS) is 1. The van der Waals surface area contributed by atoms with E-state index in [9.17, 15) is 9.59 Å². The van der Waals surface area contributed by atoms with Crippen molar-refractivity contribution in [2.75, 3.05) is 17.7 Å². The number of nitrogens with zero attached hydrogens (tertiary/aromatic N) is 2. The molecule has 0 radical (unpaired) electrons. The van der Waals surface area contributed by atoms with Gasteiger partial charge < -0.3 is 15.2 Å². The summed E-state index contributed by atoms with van der Waals surface area (Å²) in [5, 5.41) is 19.3. The fourth-order valence-electron chi connectivity index (χ4n) is 2.09. The van der Waals surface area contributed by atoms with Gasteiger partial charge in [-0.2, -0.15) is 0 Å². The van der Waals surface area contributed by atoms with E-state index in [1.54, 1.807) is 0 Å². The Morgan fingerprint density at radius 3 is 2.90 bits per heavy atom. The van der Waals surface area contributed by atoms with Gasteiger partial charge in [0.2, 0.25) is 11.0 Å². The van der Waals surface area contributed by atoms with Crippen molar-refractivity contribution in [2.45, 2.75) is 36.6 Å². The standard InChI is InChI=1S/C12H17N3O4S2/c1-2-19-8-3-7(4-8)5-9(16)13-11-14-15-12(21-11)20-6-10(17)18/h7-8H,2-6H2,1H3,(H,17,18)(H,13,14,16). The first-order valence-electron chi connectivity index (χ1n) is 6.66. The Morgan fingerprint density at radius 1 is 1.48 bits per heavy atom. The van der Waals surface area contributed by atoms with Crippen molar-refractivity contribution >= 4 is 40.1 Å². The number of anilines is 1. The summed E-state index contributed by atoms with van der Waals surface area (Å²) < 4.78 is 5.99. The minimum atomic E-state index is -0.908. The van der Waals surface area contributed by atoms with Crippen molar-refractivity contribution in [1.29, 1.82) is 0 Å². The molecule has 0 spiro atoms. The molecule has 1 amide bonds. The van der Waals surface area contributed by atoms with Crippen LogP contribution in [0.25, 0.3) is 0 Å². The summed E-state index contributed by atoms with van der Waals surface area (Å²) in [6.45, 7) is 2.68. The molecule has 0 atom stereocenters. The number of hydrogen-bond donors (Lipinski definition) is 2. The SMILES string of the molecule is CCOC1CC(CC(=O)Nc2nnc(SCC(=O)O)s2)C1. The van der Waals surface area contributed by atoms with Crippen LogP contribution in [-0.4, -0.2) is 45.6 Å². The maximum Gasteiger partial charge on any atom is 0.313 e. The van der Waals surface area contributed by atoms with Crippen LogP contribution in [-0.2, 0) is 14.3 Å². The van der Waals surface area contributed by atoms with E-state index in [0.29, 0.717) is 34.5 Å². The van der Waals surface area contributed by atoms with Crippen LogP contribution in [0.1, 0.15) is 26.2 Å². The maximum atomic E-state index is 11.8. The molecule has 1 aliphatic carbocycles. The lowest BCUT2D eigenvalue weighted by atomic mass is 9.80. The second-order valence-electron chi connectivity index (χ2n) is 4.72. The topological polar surface area (TPSA) is 101 Å². The van der Waals surface area contributed by atoms with Crippen molar-refractivity contribution in [3.63, 3.8) is 0 Å². The minimum Gasteiger partial charge on any atom is -0.481 e. The van der Waals surface area contributed by atoms with E-state index in [2.05, 4.69) is 15.5 Å². The molecule has 1 heterocycles. The Labute approximate surface area is 130 Å². The summed E-state index contributed by atoms with van der Waals surface area (Å²) in [6, 6.07) is 0. The van der Waals surface area contributed by atoms with E-state index in [1.165, 1.54) is 11.3 Å². The summed E-state index contributed by atoms with van der Waals surface area (Å²) in [5.41, 5.74) is 0. The normalized spacial score (nSPS) is 20.8. The molecule has 116 valence electrons. The number of aromatic nitrogens is 2. The highest BCUT2D eigenvalue weighted by Crippen LogP contribution is 2.33. The number of amides is 1. The predicted molar refractivity (Wildman–Crippen MR) is 79.7 cm³/mol. The van der Waals surface area contributed by atoms with Crippen molar-refractivity contribution in [3.8, 4) is 0 Å². The number of thioether (sulfide) groups is 1. The highest BCUT2D eigenvalue weighted by atomic mass is 32.2. The van der Waals surface area contributed by atoms with Gasteiger partial charge in [-0.1, -0.05) is 23.1 Å². The van der Waals surface area contributed by atoms with Gasteiger partial charge in [0.05, 0.1) is 11.9 Å². The van der Waals surface area contributed by atoms with Gasteiger partial charge in [-0.05, 0) is 25.7 Å². The molecule has 0 saturated heterocycles. The summed E-state index contributed by atoms with van der Waals surface area (Å²) in [6.07, 6.45) is 2.61.